The summed E-state index contributed by atoms with van der Waals surface area (Å²) >= 11 is 0. The molecule has 1 aliphatic rings. The molecule has 0 aliphatic carbocycles. The summed E-state index contributed by atoms with van der Waals surface area (Å²) in [5.41, 5.74) is 2.33. The van der Waals surface area contributed by atoms with E-state index in [1.807, 2.05) is 29.2 Å². The van der Waals surface area contributed by atoms with E-state index in [1.54, 1.807) is 6.07 Å². The molecule has 1 aromatic heterocycles. The highest BCUT2D eigenvalue weighted by Crippen LogP contribution is 2.18. The first-order valence-corrected chi connectivity index (χ1v) is 8.46. The monoisotopic (exact) mass is 329 g/mol. The number of nitrogens with zero attached hydrogens (tertiary/aromatic N) is 2. The van der Waals surface area contributed by atoms with Crippen molar-refractivity contribution >= 4 is 17.5 Å². The smallest absolute Gasteiger partial charge is 0.277 e. The molecule has 2 heterocycles. The van der Waals surface area contributed by atoms with Gasteiger partial charge < -0.3 is 19.5 Å². The molecule has 0 radical (unpaired) electrons. The molecule has 6 heteroatoms. The van der Waals surface area contributed by atoms with Crippen LogP contribution in [-0.4, -0.2) is 37.4 Å². The number of aryl methyl sites for hydroxylation is 1. The van der Waals surface area contributed by atoms with Gasteiger partial charge in [0.25, 0.3) is 5.91 Å². The van der Waals surface area contributed by atoms with Crippen molar-refractivity contribution in [1.29, 1.82) is 0 Å². The van der Waals surface area contributed by atoms with Gasteiger partial charge in [0.15, 0.2) is 5.69 Å². The van der Waals surface area contributed by atoms with Gasteiger partial charge in [-0.15, -0.1) is 0 Å². The fourth-order valence-corrected chi connectivity index (χ4v) is 2.64. The quantitative estimate of drug-likeness (QED) is 0.882. The number of carbonyl (C=O) groups excluding carboxylic acids is 1. The zero-order chi connectivity index (χ0) is 16.8. The Morgan fingerprint density at radius 1 is 1.25 bits per heavy atom. The van der Waals surface area contributed by atoms with Crippen LogP contribution in [0.1, 0.15) is 35.8 Å². The largest absolute Gasteiger partial charge is 0.378 e. The van der Waals surface area contributed by atoms with E-state index in [0.717, 1.165) is 25.2 Å². The maximum absolute atomic E-state index is 12.3. The molecule has 1 fully saturated rings. The number of hydrogen-bond donors (Lipinski definition) is 1. The average Bonchev–Trinajstić information content (AvgIpc) is 3.12. The number of rotatable bonds is 6. The number of morpholine rings is 1. The first-order chi connectivity index (χ1) is 11.8. The summed E-state index contributed by atoms with van der Waals surface area (Å²) < 4.78 is 10.6. The van der Waals surface area contributed by atoms with Gasteiger partial charge in [-0.1, -0.05) is 30.6 Å². The third-order valence-corrected chi connectivity index (χ3v) is 4.08. The molecule has 128 valence electrons. The summed E-state index contributed by atoms with van der Waals surface area (Å²) in [5.74, 6) is 0.345. The number of hydrogen-bond acceptors (Lipinski definition) is 5. The fraction of sp³-hybridized carbons (Fsp3) is 0.444. The van der Waals surface area contributed by atoms with Gasteiger partial charge in [-0.05, 0) is 30.5 Å². The van der Waals surface area contributed by atoms with E-state index in [2.05, 4.69) is 17.4 Å². The number of nitrogens with one attached hydrogen (secondary N) is 1. The van der Waals surface area contributed by atoms with Crippen LogP contribution in [-0.2, 0) is 11.2 Å². The van der Waals surface area contributed by atoms with Crippen molar-refractivity contribution in [2.24, 2.45) is 0 Å². The zero-order valence-corrected chi connectivity index (χ0v) is 14.0. The predicted octanol–water partition coefficient (Wildman–Crippen LogP) is 3.11. The summed E-state index contributed by atoms with van der Waals surface area (Å²) in [6, 6.07) is 9.62. The van der Waals surface area contributed by atoms with E-state index in [-0.39, 0.29) is 11.6 Å². The van der Waals surface area contributed by atoms with Crippen LogP contribution < -0.4 is 10.2 Å². The Balaban J connectivity index is 1.59. The number of benzene rings is 1. The minimum atomic E-state index is -0.264. The number of anilines is 2. The highest BCUT2D eigenvalue weighted by Gasteiger charge is 2.19. The SMILES string of the molecule is CCCCc1ccc(NC(=O)c2cc(N3CCOCC3)on2)cc1. The van der Waals surface area contributed by atoms with Crippen molar-refractivity contribution < 1.29 is 14.1 Å². The molecule has 2 aromatic rings. The third kappa shape index (κ3) is 4.14. The first-order valence-electron chi connectivity index (χ1n) is 8.46. The summed E-state index contributed by atoms with van der Waals surface area (Å²) in [4.78, 5) is 14.3. The van der Waals surface area contributed by atoms with Crippen molar-refractivity contribution in [1.82, 2.24) is 5.16 Å². The first kappa shape index (κ1) is 16.5. The maximum atomic E-state index is 12.3. The lowest BCUT2D eigenvalue weighted by Crippen LogP contribution is -2.35. The van der Waals surface area contributed by atoms with Crippen LogP contribution in [0.3, 0.4) is 0 Å². The summed E-state index contributed by atoms with van der Waals surface area (Å²) in [6.45, 7) is 4.99. The highest BCUT2D eigenvalue weighted by atomic mass is 16.5. The summed E-state index contributed by atoms with van der Waals surface area (Å²) in [7, 11) is 0. The summed E-state index contributed by atoms with van der Waals surface area (Å²) in [5, 5.41) is 6.73. The number of aromatic nitrogens is 1. The third-order valence-electron chi connectivity index (χ3n) is 4.08. The van der Waals surface area contributed by atoms with Gasteiger partial charge in [0.2, 0.25) is 5.88 Å². The molecule has 6 nitrogen and oxygen atoms in total. The van der Waals surface area contributed by atoms with E-state index in [1.165, 1.54) is 18.4 Å². The topological polar surface area (TPSA) is 67.6 Å². The van der Waals surface area contributed by atoms with Crippen molar-refractivity contribution in [2.75, 3.05) is 36.5 Å². The molecular weight excluding hydrogens is 306 g/mol. The van der Waals surface area contributed by atoms with E-state index in [9.17, 15) is 4.79 Å². The number of unbranched alkanes of at least 4 members (excludes halogenated alkanes) is 1. The number of ether oxygens (including phenoxy) is 1. The molecule has 1 saturated heterocycles. The predicted molar refractivity (Wildman–Crippen MR) is 92.5 cm³/mol. The second-order valence-electron chi connectivity index (χ2n) is 5.90. The fourth-order valence-electron chi connectivity index (χ4n) is 2.64. The van der Waals surface area contributed by atoms with E-state index in [4.69, 9.17) is 9.26 Å². The van der Waals surface area contributed by atoms with Crippen molar-refractivity contribution in [3.8, 4) is 0 Å². The maximum Gasteiger partial charge on any atom is 0.277 e. The van der Waals surface area contributed by atoms with E-state index < -0.39 is 0 Å². The van der Waals surface area contributed by atoms with Crippen LogP contribution in [0.2, 0.25) is 0 Å². The molecule has 0 unspecified atom stereocenters. The number of carbonyl (C=O) groups is 1. The normalized spacial score (nSPS) is 14.6. The van der Waals surface area contributed by atoms with Crippen LogP contribution in [0, 0.1) is 0 Å². The molecule has 1 aromatic carbocycles. The second-order valence-corrected chi connectivity index (χ2v) is 5.90. The van der Waals surface area contributed by atoms with Crippen LogP contribution in [0.15, 0.2) is 34.9 Å². The number of amides is 1. The molecular formula is C18H23N3O3. The van der Waals surface area contributed by atoms with Gasteiger partial charge in [0, 0.05) is 24.8 Å². The second kappa shape index (κ2) is 7.97. The van der Waals surface area contributed by atoms with Gasteiger partial charge >= 0.3 is 0 Å². The van der Waals surface area contributed by atoms with Gasteiger partial charge in [0.1, 0.15) is 0 Å². The minimum Gasteiger partial charge on any atom is -0.378 e. The molecule has 0 bridgehead atoms. The van der Waals surface area contributed by atoms with Crippen LogP contribution in [0.4, 0.5) is 11.6 Å². The van der Waals surface area contributed by atoms with Gasteiger partial charge in [-0.25, -0.2) is 0 Å². The van der Waals surface area contributed by atoms with Crippen LogP contribution >= 0.6 is 0 Å². The molecule has 0 atom stereocenters. The minimum absolute atomic E-state index is 0.264. The lowest BCUT2D eigenvalue weighted by molar-refractivity contribution is 0.101. The Morgan fingerprint density at radius 3 is 2.71 bits per heavy atom. The van der Waals surface area contributed by atoms with Crippen LogP contribution in [0.25, 0.3) is 0 Å². The molecule has 1 N–H and O–H groups in total. The molecule has 24 heavy (non-hydrogen) atoms. The molecule has 1 aliphatic heterocycles. The Bertz CT molecular complexity index is 660. The van der Waals surface area contributed by atoms with Gasteiger partial charge in [0.05, 0.1) is 13.2 Å². The van der Waals surface area contributed by atoms with Crippen molar-refractivity contribution in [3.63, 3.8) is 0 Å². The Labute approximate surface area is 141 Å². The molecule has 1 amide bonds. The molecule has 0 saturated carbocycles. The lowest BCUT2D eigenvalue weighted by atomic mass is 10.1. The van der Waals surface area contributed by atoms with E-state index in [0.29, 0.717) is 19.1 Å². The van der Waals surface area contributed by atoms with Crippen LogP contribution in [0.5, 0.6) is 0 Å². The highest BCUT2D eigenvalue weighted by molar-refractivity contribution is 6.03. The van der Waals surface area contributed by atoms with Crippen molar-refractivity contribution in [2.45, 2.75) is 26.2 Å². The molecule has 0 spiro atoms. The average molecular weight is 329 g/mol. The Hall–Kier alpha value is -2.34. The van der Waals surface area contributed by atoms with Gasteiger partial charge in [-0.3, -0.25) is 4.79 Å². The van der Waals surface area contributed by atoms with Crippen molar-refractivity contribution in [3.05, 3.63) is 41.6 Å². The zero-order valence-electron chi connectivity index (χ0n) is 14.0. The lowest BCUT2D eigenvalue weighted by Gasteiger charge is -2.25. The standard InChI is InChI=1S/C18H23N3O3/c1-2-3-4-14-5-7-15(8-6-14)19-18(22)16-13-17(24-20-16)21-9-11-23-12-10-21/h5-8,13H,2-4,9-12H2,1H3,(H,19,22). The van der Waals surface area contributed by atoms with Gasteiger partial charge in [-0.2, -0.15) is 0 Å². The molecule has 3 rings (SSSR count). The Kier molecular flexibility index (Phi) is 5.48. The summed E-state index contributed by atoms with van der Waals surface area (Å²) in [6.07, 6.45) is 3.42. The van der Waals surface area contributed by atoms with E-state index >= 15 is 0 Å². The Morgan fingerprint density at radius 2 is 2.00 bits per heavy atom.